The molecule has 3 aromatic rings. The number of carbonyl (C=O) groups excluding carboxylic acids is 1. The summed E-state index contributed by atoms with van der Waals surface area (Å²) < 4.78 is 11.7. The van der Waals surface area contributed by atoms with E-state index in [1.165, 1.54) is 6.42 Å². The summed E-state index contributed by atoms with van der Waals surface area (Å²) in [6.07, 6.45) is 5.28. The molecular formula is C22H23NO3. The molecule has 1 aliphatic carbocycles. The number of nitrogen functional groups attached to an aromatic ring is 1. The van der Waals surface area contributed by atoms with E-state index < -0.39 is 0 Å². The van der Waals surface area contributed by atoms with Crippen LogP contribution in [0.3, 0.4) is 0 Å². The Hall–Kier alpha value is -2.75. The van der Waals surface area contributed by atoms with Gasteiger partial charge in [0.1, 0.15) is 17.9 Å². The molecule has 134 valence electrons. The third-order valence-electron chi connectivity index (χ3n) is 5.15. The molecule has 1 fully saturated rings. The zero-order valence-electron chi connectivity index (χ0n) is 14.7. The summed E-state index contributed by atoms with van der Waals surface area (Å²) in [4.78, 5) is 12.8. The Morgan fingerprint density at radius 3 is 2.62 bits per heavy atom. The van der Waals surface area contributed by atoms with Crippen LogP contribution in [0.5, 0.6) is 5.75 Å². The van der Waals surface area contributed by atoms with Crippen LogP contribution in [-0.2, 0) is 6.61 Å². The number of ketones is 1. The first-order chi connectivity index (χ1) is 12.7. The average molecular weight is 349 g/mol. The van der Waals surface area contributed by atoms with Crippen molar-refractivity contribution in [3.8, 4) is 5.75 Å². The molecule has 2 aromatic carbocycles. The van der Waals surface area contributed by atoms with Crippen molar-refractivity contribution in [2.24, 2.45) is 5.92 Å². The van der Waals surface area contributed by atoms with E-state index in [2.05, 4.69) is 0 Å². The van der Waals surface area contributed by atoms with Gasteiger partial charge in [-0.3, -0.25) is 4.79 Å². The molecule has 2 N–H and O–H groups in total. The zero-order valence-corrected chi connectivity index (χ0v) is 14.7. The summed E-state index contributed by atoms with van der Waals surface area (Å²) >= 11 is 0. The first-order valence-corrected chi connectivity index (χ1v) is 9.25. The van der Waals surface area contributed by atoms with E-state index in [1.54, 1.807) is 0 Å². The standard InChI is InChI=1S/C22H23NO3/c23-20-18-12-11-17(25-14-15-7-3-1-4-8-15)13-19(18)26-22(20)21(24)16-9-5-2-6-10-16/h1,3-4,7-8,11-13,16H,2,5-6,9-10,14,23H2. The van der Waals surface area contributed by atoms with Crippen molar-refractivity contribution in [3.05, 3.63) is 59.9 Å². The van der Waals surface area contributed by atoms with Gasteiger partial charge in [-0.2, -0.15) is 0 Å². The van der Waals surface area contributed by atoms with Gasteiger partial charge in [0.15, 0.2) is 5.76 Å². The van der Waals surface area contributed by atoms with Crippen LogP contribution >= 0.6 is 0 Å². The minimum Gasteiger partial charge on any atom is -0.489 e. The predicted octanol–water partition coefficient (Wildman–Crippen LogP) is 5.36. The van der Waals surface area contributed by atoms with Gasteiger partial charge < -0.3 is 14.9 Å². The second-order valence-electron chi connectivity index (χ2n) is 6.98. The van der Waals surface area contributed by atoms with Gasteiger partial charge in [-0.15, -0.1) is 0 Å². The summed E-state index contributed by atoms with van der Waals surface area (Å²) in [5, 5.41) is 0.774. The number of hydrogen-bond acceptors (Lipinski definition) is 4. The zero-order chi connectivity index (χ0) is 17.9. The maximum Gasteiger partial charge on any atom is 0.203 e. The van der Waals surface area contributed by atoms with Crippen molar-refractivity contribution >= 4 is 22.4 Å². The molecule has 1 aromatic heterocycles. The molecule has 0 radical (unpaired) electrons. The molecule has 0 aliphatic heterocycles. The minimum absolute atomic E-state index is 0.0420. The van der Waals surface area contributed by atoms with Crippen LogP contribution in [0.25, 0.3) is 11.0 Å². The Morgan fingerprint density at radius 2 is 1.85 bits per heavy atom. The van der Waals surface area contributed by atoms with Crippen molar-refractivity contribution in [2.75, 3.05) is 5.73 Å². The van der Waals surface area contributed by atoms with Gasteiger partial charge in [-0.25, -0.2) is 0 Å². The molecule has 1 saturated carbocycles. The van der Waals surface area contributed by atoms with Crippen LogP contribution in [0.1, 0.15) is 48.2 Å². The molecule has 0 spiro atoms. The second-order valence-corrected chi connectivity index (χ2v) is 6.98. The maximum absolute atomic E-state index is 12.8. The van der Waals surface area contributed by atoms with Gasteiger partial charge in [0, 0.05) is 17.4 Å². The molecule has 1 aliphatic rings. The third kappa shape index (κ3) is 3.32. The maximum atomic E-state index is 12.8. The lowest BCUT2D eigenvalue weighted by Crippen LogP contribution is -2.18. The van der Waals surface area contributed by atoms with Crippen molar-refractivity contribution in [2.45, 2.75) is 38.7 Å². The Morgan fingerprint density at radius 1 is 1.08 bits per heavy atom. The van der Waals surface area contributed by atoms with E-state index in [0.29, 0.717) is 29.4 Å². The minimum atomic E-state index is 0.0420. The number of hydrogen-bond donors (Lipinski definition) is 1. The van der Waals surface area contributed by atoms with Crippen molar-refractivity contribution in [3.63, 3.8) is 0 Å². The molecule has 0 saturated heterocycles. The first kappa shape index (κ1) is 16.7. The molecule has 0 amide bonds. The molecular weight excluding hydrogens is 326 g/mol. The van der Waals surface area contributed by atoms with Crippen molar-refractivity contribution in [1.29, 1.82) is 0 Å². The lowest BCUT2D eigenvalue weighted by Gasteiger charge is -2.19. The van der Waals surface area contributed by atoms with Gasteiger partial charge in [0.25, 0.3) is 0 Å². The molecule has 0 unspecified atom stereocenters. The summed E-state index contributed by atoms with van der Waals surface area (Å²) in [6.45, 7) is 0.483. The van der Waals surface area contributed by atoms with E-state index >= 15 is 0 Å². The molecule has 4 rings (SSSR count). The Bertz CT molecular complexity index is 908. The quantitative estimate of drug-likeness (QED) is 0.630. The largest absolute Gasteiger partial charge is 0.489 e. The van der Waals surface area contributed by atoms with Crippen LogP contribution in [0.2, 0.25) is 0 Å². The smallest absolute Gasteiger partial charge is 0.203 e. The highest BCUT2D eigenvalue weighted by molar-refractivity contribution is 6.07. The van der Waals surface area contributed by atoms with E-state index in [1.807, 2.05) is 48.5 Å². The van der Waals surface area contributed by atoms with Crippen molar-refractivity contribution < 1.29 is 13.9 Å². The Labute approximate surface area is 152 Å². The van der Waals surface area contributed by atoms with E-state index in [-0.39, 0.29) is 11.7 Å². The fraction of sp³-hybridized carbons (Fsp3) is 0.318. The fourth-order valence-corrected chi connectivity index (χ4v) is 3.66. The SMILES string of the molecule is Nc1c(C(=O)C2CCCCC2)oc2cc(OCc3ccccc3)ccc12. The number of rotatable bonds is 5. The van der Waals surface area contributed by atoms with Gasteiger partial charge in [0.2, 0.25) is 5.78 Å². The highest BCUT2D eigenvalue weighted by atomic mass is 16.5. The summed E-state index contributed by atoms with van der Waals surface area (Å²) in [5.74, 6) is 1.10. The van der Waals surface area contributed by atoms with E-state index in [9.17, 15) is 4.79 Å². The Balaban J connectivity index is 1.55. The van der Waals surface area contributed by atoms with Gasteiger partial charge in [0.05, 0.1) is 5.69 Å². The van der Waals surface area contributed by atoms with Gasteiger partial charge in [-0.05, 0) is 30.5 Å². The fourth-order valence-electron chi connectivity index (χ4n) is 3.66. The normalized spacial score (nSPS) is 15.2. The molecule has 4 nitrogen and oxygen atoms in total. The van der Waals surface area contributed by atoms with Crippen LogP contribution in [-0.4, -0.2) is 5.78 Å². The molecule has 0 atom stereocenters. The average Bonchev–Trinajstić information content (AvgIpc) is 3.03. The number of nitrogens with two attached hydrogens (primary N) is 1. The summed E-state index contributed by atoms with van der Waals surface area (Å²) in [5.41, 5.74) is 8.36. The third-order valence-corrected chi connectivity index (χ3v) is 5.15. The summed E-state index contributed by atoms with van der Waals surface area (Å²) in [6, 6.07) is 15.5. The molecule has 4 heteroatoms. The summed E-state index contributed by atoms with van der Waals surface area (Å²) in [7, 11) is 0. The number of Topliss-reactive ketones (excluding diaryl/α,β-unsaturated/α-hetero) is 1. The lowest BCUT2D eigenvalue weighted by atomic mass is 9.85. The number of fused-ring (bicyclic) bond motifs is 1. The molecule has 1 heterocycles. The predicted molar refractivity (Wildman–Crippen MR) is 102 cm³/mol. The van der Waals surface area contributed by atoms with E-state index in [4.69, 9.17) is 14.9 Å². The number of anilines is 1. The lowest BCUT2D eigenvalue weighted by molar-refractivity contribution is 0.0864. The van der Waals surface area contributed by atoms with Crippen molar-refractivity contribution in [1.82, 2.24) is 0 Å². The number of benzene rings is 2. The van der Waals surface area contributed by atoms with Crippen LogP contribution < -0.4 is 10.5 Å². The highest BCUT2D eigenvalue weighted by Gasteiger charge is 2.27. The highest BCUT2D eigenvalue weighted by Crippen LogP contribution is 2.35. The molecule has 26 heavy (non-hydrogen) atoms. The second kappa shape index (κ2) is 7.24. The van der Waals surface area contributed by atoms with Crippen LogP contribution in [0.4, 0.5) is 5.69 Å². The monoisotopic (exact) mass is 349 g/mol. The molecule has 0 bridgehead atoms. The van der Waals surface area contributed by atoms with Crippen LogP contribution in [0, 0.1) is 5.92 Å². The Kier molecular flexibility index (Phi) is 4.65. The number of ether oxygens (including phenoxy) is 1. The van der Waals surface area contributed by atoms with E-state index in [0.717, 1.165) is 36.6 Å². The van der Waals surface area contributed by atoms with Gasteiger partial charge in [-0.1, -0.05) is 49.6 Å². The topological polar surface area (TPSA) is 65.5 Å². The first-order valence-electron chi connectivity index (χ1n) is 9.25. The number of furan rings is 1. The number of carbonyl (C=O) groups is 1. The van der Waals surface area contributed by atoms with Crippen LogP contribution in [0.15, 0.2) is 52.9 Å². The van der Waals surface area contributed by atoms with Gasteiger partial charge >= 0.3 is 0 Å².